The zero-order valence-corrected chi connectivity index (χ0v) is 12.1. The van der Waals surface area contributed by atoms with Gasteiger partial charge in [-0.05, 0) is 39.0 Å². The van der Waals surface area contributed by atoms with Crippen LogP contribution in [0.3, 0.4) is 0 Å². The molecule has 3 N–H and O–H groups in total. The van der Waals surface area contributed by atoms with Crippen LogP contribution in [0.25, 0.3) is 0 Å². The molecule has 0 saturated carbocycles. The number of thiazole rings is 1. The third kappa shape index (κ3) is 4.35. The van der Waals surface area contributed by atoms with Crippen LogP contribution in [0.15, 0.2) is 17.0 Å². The number of nitrogen functional groups attached to an aromatic ring is 1. The second kappa shape index (κ2) is 6.70. The van der Waals surface area contributed by atoms with Crippen molar-refractivity contribution in [1.29, 1.82) is 0 Å². The van der Waals surface area contributed by atoms with Gasteiger partial charge in [-0.15, -0.1) is 11.3 Å². The van der Waals surface area contributed by atoms with Crippen LogP contribution >= 0.6 is 11.3 Å². The number of amides is 1. The zero-order valence-electron chi connectivity index (χ0n) is 11.3. The van der Waals surface area contributed by atoms with Crippen molar-refractivity contribution < 1.29 is 4.79 Å². The summed E-state index contributed by atoms with van der Waals surface area (Å²) in [4.78, 5) is 16.0. The Morgan fingerprint density at radius 3 is 3.05 bits per heavy atom. The molecule has 19 heavy (non-hydrogen) atoms. The lowest BCUT2D eigenvalue weighted by molar-refractivity contribution is -0.121. The van der Waals surface area contributed by atoms with Gasteiger partial charge in [0.25, 0.3) is 0 Å². The monoisotopic (exact) mass is 279 g/mol. The van der Waals surface area contributed by atoms with Crippen molar-refractivity contribution >= 4 is 22.4 Å². The van der Waals surface area contributed by atoms with Crippen LogP contribution in [0.4, 0.5) is 5.13 Å². The molecule has 0 aromatic carbocycles. The van der Waals surface area contributed by atoms with Crippen LogP contribution < -0.4 is 11.1 Å². The number of rotatable bonds is 5. The van der Waals surface area contributed by atoms with Gasteiger partial charge in [-0.3, -0.25) is 4.79 Å². The van der Waals surface area contributed by atoms with Gasteiger partial charge in [0.2, 0.25) is 5.91 Å². The first-order valence-electron chi connectivity index (χ1n) is 6.83. The number of aromatic nitrogens is 1. The second-order valence-corrected chi connectivity index (χ2v) is 5.88. The van der Waals surface area contributed by atoms with E-state index in [9.17, 15) is 4.79 Å². The largest absolute Gasteiger partial charge is 0.375 e. The fourth-order valence-electron chi connectivity index (χ4n) is 2.34. The molecule has 0 saturated heterocycles. The van der Waals surface area contributed by atoms with Gasteiger partial charge in [-0.25, -0.2) is 4.98 Å². The summed E-state index contributed by atoms with van der Waals surface area (Å²) in [7, 11) is 0. The van der Waals surface area contributed by atoms with Gasteiger partial charge < -0.3 is 11.1 Å². The number of nitrogens with two attached hydrogens (primary N) is 1. The zero-order chi connectivity index (χ0) is 13.7. The summed E-state index contributed by atoms with van der Waals surface area (Å²) in [5.41, 5.74) is 7.84. The van der Waals surface area contributed by atoms with E-state index < -0.39 is 0 Å². The van der Waals surface area contributed by atoms with Gasteiger partial charge in [0.05, 0.1) is 5.69 Å². The first-order valence-corrected chi connectivity index (χ1v) is 7.71. The quantitative estimate of drug-likeness (QED) is 0.814. The Hall–Kier alpha value is -1.36. The molecule has 1 heterocycles. The Morgan fingerprint density at radius 1 is 1.58 bits per heavy atom. The smallest absolute Gasteiger partial charge is 0.220 e. The molecule has 0 bridgehead atoms. The Morgan fingerprint density at radius 2 is 2.42 bits per heavy atom. The van der Waals surface area contributed by atoms with E-state index in [1.807, 2.05) is 5.38 Å². The predicted octanol–water partition coefficient (Wildman–Crippen LogP) is 2.66. The summed E-state index contributed by atoms with van der Waals surface area (Å²) in [6.07, 6.45) is 8.18. The lowest BCUT2D eigenvalue weighted by Gasteiger charge is -2.20. The minimum Gasteiger partial charge on any atom is -0.375 e. The van der Waals surface area contributed by atoms with Crippen molar-refractivity contribution in [3.05, 3.63) is 22.7 Å². The Kier molecular flexibility index (Phi) is 4.96. The first-order chi connectivity index (χ1) is 9.15. The van der Waals surface area contributed by atoms with E-state index in [1.54, 1.807) is 0 Å². The average Bonchev–Trinajstić information content (AvgIpc) is 2.83. The molecule has 0 radical (unpaired) electrons. The minimum atomic E-state index is 0.0885. The molecule has 0 spiro atoms. The topological polar surface area (TPSA) is 68.0 Å². The highest BCUT2D eigenvalue weighted by molar-refractivity contribution is 7.13. The summed E-state index contributed by atoms with van der Waals surface area (Å²) >= 11 is 1.42. The molecule has 2 rings (SSSR count). The third-order valence-electron chi connectivity index (χ3n) is 3.44. The average molecular weight is 279 g/mol. The Bertz CT molecular complexity index is 467. The number of aryl methyl sites for hydroxylation is 1. The fourth-order valence-corrected chi connectivity index (χ4v) is 2.94. The van der Waals surface area contributed by atoms with Gasteiger partial charge in [-0.1, -0.05) is 11.6 Å². The molecule has 5 heteroatoms. The number of carbonyl (C=O) groups excluding carboxylic acids is 1. The summed E-state index contributed by atoms with van der Waals surface area (Å²) in [5, 5.41) is 5.54. The fraction of sp³-hybridized carbons (Fsp3) is 0.571. The molecule has 4 nitrogen and oxygen atoms in total. The van der Waals surface area contributed by atoms with Crippen molar-refractivity contribution in [2.45, 2.75) is 51.5 Å². The lowest BCUT2D eigenvalue weighted by atomic mass is 9.94. The number of hydrogen-bond donors (Lipinski definition) is 2. The molecule has 0 aliphatic heterocycles. The van der Waals surface area contributed by atoms with Crippen LogP contribution in [-0.4, -0.2) is 16.9 Å². The number of nitrogens with zero attached hydrogens (tertiary/aromatic N) is 1. The van der Waals surface area contributed by atoms with Crippen molar-refractivity contribution in [3.8, 4) is 0 Å². The number of nitrogens with one attached hydrogen (secondary N) is 1. The van der Waals surface area contributed by atoms with Gasteiger partial charge >= 0.3 is 0 Å². The maximum atomic E-state index is 11.9. The van der Waals surface area contributed by atoms with E-state index in [4.69, 9.17) is 5.73 Å². The molecule has 1 aliphatic carbocycles. The molecule has 1 aromatic rings. The van der Waals surface area contributed by atoms with E-state index in [0.717, 1.165) is 18.5 Å². The highest BCUT2D eigenvalue weighted by Gasteiger charge is 2.14. The number of hydrogen-bond acceptors (Lipinski definition) is 4. The molecule has 1 aliphatic rings. The van der Waals surface area contributed by atoms with Gasteiger partial charge in [0.15, 0.2) is 5.13 Å². The maximum absolute atomic E-state index is 11.9. The van der Waals surface area contributed by atoms with Crippen molar-refractivity contribution in [3.63, 3.8) is 0 Å². The highest BCUT2D eigenvalue weighted by Crippen LogP contribution is 2.20. The Labute approximate surface area is 118 Å². The molecule has 1 aromatic heterocycles. The number of allylic oxidation sites excluding steroid dienone is 1. The first kappa shape index (κ1) is 14.1. The summed E-state index contributed by atoms with van der Waals surface area (Å²) in [5.74, 6) is 0.0885. The molecular weight excluding hydrogens is 258 g/mol. The molecule has 1 amide bonds. The van der Waals surface area contributed by atoms with E-state index in [2.05, 4.69) is 23.3 Å². The maximum Gasteiger partial charge on any atom is 0.220 e. The van der Waals surface area contributed by atoms with E-state index in [0.29, 0.717) is 18.0 Å². The third-order valence-corrected chi connectivity index (χ3v) is 4.16. The standard InChI is InChI=1S/C14H21N3OS/c1-10(11-5-3-2-4-6-11)16-13(18)8-7-12-9-19-14(15)17-12/h5,9-10H,2-4,6-8H2,1H3,(H2,15,17)(H,16,18)/t10-/m0/s1. The molecule has 0 fully saturated rings. The SMILES string of the molecule is C[C@H](NC(=O)CCc1csc(N)n1)C1=CCCCC1. The normalized spacial score (nSPS) is 16.8. The highest BCUT2D eigenvalue weighted by atomic mass is 32.1. The minimum absolute atomic E-state index is 0.0885. The van der Waals surface area contributed by atoms with Crippen LogP contribution in [0.5, 0.6) is 0 Å². The van der Waals surface area contributed by atoms with Gasteiger partial charge in [-0.2, -0.15) is 0 Å². The predicted molar refractivity (Wildman–Crippen MR) is 79.0 cm³/mol. The summed E-state index contributed by atoms with van der Waals surface area (Å²) in [6.45, 7) is 2.07. The van der Waals surface area contributed by atoms with Crippen LogP contribution in [0, 0.1) is 0 Å². The van der Waals surface area contributed by atoms with Crippen LogP contribution in [0.2, 0.25) is 0 Å². The van der Waals surface area contributed by atoms with Crippen LogP contribution in [0.1, 0.15) is 44.7 Å². The summed E-state index contributed by atoms with van der Waals surface area (Å²) in [6, 6.07) is 0.160. The lowest BCUT2D eigenvalue weighted by Crippen LogP contribution is -2.34. The number of anilines is 1. The number of carbonyl (C=O) groups is 1. The molecular formula is C14H21N3OS. The van der Waals surface area contributed by atoms with Crippen molar-refractivity contribution in [2.75, 3.05) is 5.73 Å². The molecule has 104 valence electrons. The van der Waals surface area contributed by atoms with Gasteiger partial charge in [0.1, 0.15) is 0 Å². The van der Waals surface area contributed by atoms with Gasteiger partial charge in [0, 0.05) is 17.8 Å². The van der Waals surface area contributed by atoms with Crippen LogP contribution in [-0.2, 0) is 11.2 Å². The van der Waals surface area contributed by atoms with E-state index in [1.165, 1.54) is 29.8 Å². The molecule has 1 atom stereocenters. The summed E-state index contributed by atoms with van der Waals surface area (Å²) < 4.78 is 0. The van der Waals surface area contributed by atoms with Crippen molar-refractivity contribution in [2.24, 2.45) is 0 Å². The van der Waals surface area contributed by atoms with E-state index >= 15 is 0 Å². The molecule has 0 unspecified atom stereocenters. The van der Waals surface area contributed by atoms with E-state index in [-0.39, 0.29) is 11.9 Å². The van der Waals surface area contributed by atoms with Crippen molar-refractivity contribution in [1.82, 2.24) is 10.3 Å². The Balaban J connectivity index is 1.76. The second-order valence-electron chi connectivity index (χ2n) is 4.99.